The molecule has 0 fully saturated rings. The molecule has 0 aliphatic rings. The summed E-state index contributed by atoms with van der Waals surface area (Å²) in [6, 6.07) is 23.6. The molecule has 1 N–H and O–H groups in total. The number of hydrogen-bond acceptors (Lipinski definition) is 6. The third-order valence-corrected chi connectivity index (χ3v) is 7.31. The van der Waals surface area contributed by atoms with Crippen LogP contribution in [0.1, 0.15) is 109 Å². The van der Waals surface area contributed by atoms with Crippen molar-refractivity contribution in [2.24, 2.45) is 0 Å². The Labute approximate surface area is 252 Å². The highest BCUT2D eigenvalue weighted by Gasteiger charge is 2.24. The van der Waals surface area contributed by atoms with Gasteiger partial charge < -0.3 is 24.1 Å². The van der Waals surface area contributed by atoms with Crippen LogP contribution >= 0.6 is 0 Å². The molecule has 0 aliphatic heterocycles. The summed E-state index contributed by atoms with van der Waals surface area (Å²) in [7, 11) is 0. The van der Waals surface area contributed by atoms with Gasteiger partial charge in [-0.05, 0) is 118 Å². The van der Waals surface area contributed by atoms with Crippen LogP contribution in [-0.4, -0.2) is 29.3 Å². The molecule has 0 saturated carbocycles. The molecule has 6 heteroatoms. The Morgan fingerprint density at radius 2 is 1.26 bits per heavy atom. The molecule has 0 bridgehead atoms. The van der Waals surface area contributed by atoms with E-state index in [0.717, 1.165) is 25.0 Å². The third kappa shape index (κ3) is 10.4. The first kappa shape index (κ1) is 33.0. The van der Waals surface area contributed by atoms with Crippen LogP contribution in [0.3, 0.4) is 0 Å². The van der Waals surface area contributed by atoms with Gasteiger partial charge in [-0.3, -0.25) is 0 Å². The van der Waals surface area contributed by atoms with Crippen molar-refractivity contribution < 1.29 is 28.8 Å². The highest BCUT2D eigenvalue weighted by Crippen LogP contribution is 2.39. The van der Waals surface area contributed by atoms with E-state index in [2.05, 4.69) is 26.0 Å². The zero-order valence-corrected chi connectivity index (χ0v) is 26.5. The van der Waals surface area contributed by atoms with E-state index in [4.69, 9.17) is 18.9 Å². The van der Waals surface area contributed by atoms with Crippen LogP contribution in [0.2, 0.25) is 0 Å². The summed E-state index contributed by atoms with van der Waals surface area (Å²) in [4.78, 5) is 12.2. The number of hydrogen-bond donors (Lipinski definition) is 1. The fraction of sp³-hybridized carbons (Fsp3) is 0.472. The molecule has 3 atom stereocenters. The number of carbonyl (C=O) groups is 1. The highest BCUT2D eigenvalue weighted by molar-refractivity contribution is 5.64. The van der Waals surface area contributed by atoms with E-state index in [9.17, 15) is 9.90 Å². The first-order valence-corrected chi connectivity index (χ1v) is 15.0. The quantitative estimate of drug-likeness (QED) is 0.124. The molecule has 3 unspecified atom stereocenters. The van der Waals surface area contributed by atoms with Gasteiger partial charge in [-0.2, -0.15) is 0 Å². The molecular formula is C36H48O6. The van der Waals surface area contributed by atoms with Gasteiger partial charge in [-0.25, -0.2) is 4.79 Å². The van der Waals surface area contributed by atoms with Gasteiger partial charge >= 0.3 is 6.16 Å². The second-order valence-electron chi connectivity index (χ2n) is 12.4. The fourth-order valence-electron chi connectivity index (χ4n) is 5.26. The first-order chi connectivity index (χ1) is 19.8. The van der Waals surface area contributed by atoms with Crippen LogP contribution in [0.15, 0.2) is 72.8 Å². The van der Waals surface area contributed by atoms with E-state index in [0.29, 0.717) is 18.3 Å². The topological polar surface area (TPSA) is 74.2 Å². The van der Waals surface area contributed by atoms with Crippen molar-refractivity contribution in [2.75, 3.05) is 6.61 Å². The lowest BCUT2D eigenvalue weighted by molar-refractivity contribution is -0.152. The van der Waals surface area contributed by atoms with Crippen LogP contribution < -0.4 is 9.47 Å². The minimum absolute atomic E-state index is 0.252. The number of rotatable bonds is 13. The fourth-order valence-corrected chi connectivity index (χ4v) is 5.26. The molecule has 0 spiro atoms. The van der Waals surface area contributed by atoms with Crippen molar-refractivity contribution in [3.63, 3.8) is 0 Å². The van der Waals surface area contributed by atoms with Crippen molar-refractivity contribution in [1.82, 2.24) is 0 Å². The minimum Gasteiger partial charge on any atom is -0.508 e. The van der Waals surface area contributed by atoms with E-state index in [1.165, 1.54) is 16.7 Å². The number of phenols is 1. The summed E-state index contributed by atoms with van der Waals surface area (Å²) in [5, 5.41) is 9.77. The Hall–Kier alpha value is -3.51. The van der Waals surface area contributed by atoms with E-state index in [1.54, 1.807) is 12.1 Å². The maximum absolute atomic E-state index is 12.2. The number of ether oxygens (including phenoxy) is 4. The molecule has 42 heavy (non-hydrogen) atoms. The lowest BCUT2D eigenvalue weighted by Crippen LogP contribution is -2.31. The van der Waals surface area contributed by atoms with Gasteiger partial charge in [-0.1, -0.05) is 50.2 Å². The molecule has 0 aliphatic carbocycles. The van der Waals surface area contributed by atoms with Crippen molar-refractivity contribution in [1.29, 1.82) is 0 Å². The molecule has 0 saturated heterocycles. The van der Waals surface area contributed by atoms with Gasteiger partial charge in [0.1, 0.15) is 22.8 Å². The third-order valence-electron chi connectivity index (χ3n) is 7.31. The number of phenolic OH excluding ortho intramolecular Hbond substituents is 1. The number of carbonyl (C=O) groups excluding carboxylic acids is 1. The predicted octanol–water partition coefficient (Wildman–Crippen LogP) is 9.72. The van der Waals surface area contributed by atoms with Crippen molar-refractivity contribution >= 4 is 6.16 Å². The van der Waals surface area contributed by atoms with Gasteiger partial charge in [0.2, 0.25) is 5.79 Å². The maximum Gasteiger partial charge on any atom is 0.514 e. The Morgan fingerprint density at radius 1 is 0.738 bits per heavy atom. The lowest BCUT2D eigenvalue weighted by Gasteiger charge is -2.28. The minimum atomic E-state index is -0.712. The van der Waals surface area contributed by atoms with Crippen molar-refractivity contribution in [2.45, 2.75) is 104 Å². The summed E-state index contributed by atoms with van der Waals surface area (Å²) in [5.41, 5.74) is 3.03. The molecule has 3 aromatic carbocycles. The summed E-state index contributed by atoms with van der Waals surface area (Å²) in [6.45, 7) is 16.3. The molecule has 3 aromatic rings. The summed E-state index contributed by atoms with van der Waals surface area (Å²) >= 11 is 0. The Balaban J connectivity index is 1.82. The van der Waals surface area contributed by atoms with E-state index in [-0.39, 0.29) is 17.6 Å². The summed E-state index contributed by atoms with van der Waals surface area (Å²) < 4.78 is 22.5. The molecule has 6 nitrogen and oxygen atoms in total. The summed E-state index contributed by atoms with van der Waals surface area (Å²) in [5.74, 6) is 1.69. The Bertz CT molecular complexity index is 1240. The molecule has 0 radical (unpaired) electrons. The van der Waals surface area contributed by atoms with E-state index < -0.39 is 17.5 Å². The average molecular weight is 577 g/mol. The van der Waals surface area contributed by atoms with Gasteiger partial charge in [0.05, 0.1) is 0 Å². The first-order valence-electron chi connectivity index (χ1n) is 15.0. The van der Waals surface area contributed by atoms with Crippen LogP contribution in [0.25, 0.3) is 0 Å². The van der Waals surface area contributed by atoms with Crippen molar-refractivity contribution in [3.8, 4) is 17.2 Å². The normalized spacial score (nSPS) is 14.1. The SMILES string of the molecule is CCOC(C)(C)Oc1ccc(C(CC)CC(CC(C)c2ccc(O)cc2)c2ccc(OC(=O)OC(C)(C)C)cc2)cc1. The molecule has 0 amide bonds. The average Bonchev–Trinajstić information content (AvgIpc) is 2.91. The molecule has 3 rings (SSSR count). The molecule has 0 heterocycles. The zero-order chi connectivity index (χ0) is 30.9. The summed E-state index contributed by atoms with van der Waals surface area (Å²) in [6.07, 6.45) is 2.16. The standard InChI is InChI=1S/C36H48O6/c1-9-26(28-15-21-33(22-16-28)41-36(7,8)39-10-2)24-30(23-25(3)27-11-17-31(37)18-12-27)29-13-19-32(20-14-29)40-34(38)42-35(4,5)6/h11-22,25-26,30,37H,9-10,23-24H2,1-8H3. The van der Waals surface area contributed by atoms with Crippen LogP contribution in [-0.2, 0) is 9.47 Å². The van der Waals surface area contributed by atoms with Gasteiger partial charge in [0.15, 0.2) is 0 Å². The van der Waals surface area contributed by atoms with E-state index >= 15 is 0 Å². The largest absolute Gasteiger partial charge is 0.514 e. The lowest BCUT2D eigenvalue weighted by atomic mass is 9.78. The maximum atomic E-state index is 12.2. The Morgan fingerprint density at radius 3 is 1.79 bits per heavy atom. The second kappa shape index (κ2) is 14.6. The van der Waals surface area contributed by atoms with Gasteiger partial charge in [-0.15, -0.1) is 0 Å². The van der Waals surface area contributed by atoms with Gasteiger partial charge in [0.25, 0.3) is 0 Å². The molecular weight excluding hydrogens is 528 g/mol. The van der Waals surface area contributed by atoms with E-state index in [1.807, 2.05) is 90.1 Å². The van der Waals surface area contributed by atoms with Gasteiger partial charge in [0, 0.05) is 20.5 Å². The van der Waals surface area contributed by atoms with Crippen LogP contribution in [0, 0.1) is 0 Å². The predicted molar refractivity (Wildman–Crippen MR) is 168 cm³/mol. The molecule has 228 valence electrons. The highest BCUT2D eigenvalue weighted by atomic mass is 16.7. The smallest absolute Gasteiger partial charge is 0.508 e. The zero-order valence-electron chi connectivity index (χ0n) is 26.5. The second-order valence-corrected chi connectivity index (χ2v) is 12.4. The number of aromatic hydroxyl groups is 1. The monoisotopic (exact) mass is 576 g/mol. The van der Waals surface area contributed by atoms with Crippen molar-refractivity contribution in [3.05, 3.63) is 89.5 Å². The molecule has 0 aromatic heterocycles. The Kier molecular flexibility index (Phi) is 11.5. The van der Waals surface area contributed by atoms with Crippen LogP contribution in [0.4, 0.5) is 4.79 Å². The van der Waals surface area contributed by atoms with Crippen LogP contribution in [0.5, 0.6) is 17.2 Å². The number of benzene rings is 3.